The van der Waals surface area contributed by atoms with Gasteiger partial charge >= 0.3 is 5.97 Å². The highest BCUT2D eigenvalue weighted by molar-refractivity contribution is 5.82. The summed E-state index contributed by atoms with van der Waals surface area (Å²) in [5.41, 5.74) is 5.90. The average molecular weight is 407 g/mol. The highest BCUT2D eigenvalue weighted by Gasteiger charge is 2.37. The number of rotatable bonds is 7. The zero-order valence-electron chi connectivity index (χ0n) is 18.7. The third-order valence-electron chi connectivity index (χ3n) is 5.70. The molecule has 3 nitrogen and oxygen atoms in total. The number of ether oxygens (including phenoxy) is 1. The number of benzene rings is 2. The van der Waals surface area contributed by atoms with E-state index >= 15 is 0 Å². The third-order valence-corrected chi connectivity index (χ3v) is 5.70. The molecule has 0 amide bonds. The van der Waals surface area contributed by atoms with Crippen LogP contribution in [0.4, 0.5) is 0 Å². The van der Waals surface area contributed by atoms with Crippen molar-refractivity contribution in [1.29, 1.82) is 0 Å². The summed E-state index contributed by atoms with van der Waals surface area (Å²) < 4.78 is 5.73. The molecular weight excluding hydrogens is 372 g/mol. The van der Waals surface area contributed by atoms with E-state index in [1.807, 2.05) is 12.1 Å². The second-order valence-corrected chi connectivity index (χ2v) is 10.1. The second kappa shape index (κ2) is 9.07. The van der Waals surface area contributed by atoms with Crippen LogP contribution in [-0.2, 0) is 4.79 Å². The van der Waals surface area contributed by atoms with Crippen molar-refractivity contribution in [2.75, 3.05) is 6.61 Å². The smallest absolute Gasteiger partial charge is 0.303 e. The van der Waals surface area contributed by atoms with Gasteiger partial charge in [-0.05, 0) is 65.3 Å². The van der Waals surface area contributed by atoms with E-state index in [-0.39, 0.29) is 17.3 Å². The molecule has 1 aliphatic rings. The highest BCUT2D eigenvalue weighted by atomic mass is 16.5. The Morgan fingerprint density at radius 1 is 0.900 bits per heavy atom. The zero-order chi connectivity index (χ0) is 21.8. The van der Waals surface area contributed by atoms with Gasteiger partial charge in [0.2, 0.25) is 0 Å². The molecule has 0 heterocycles. The maximum absolute atomic E-state index is 10.6. The van der Waals surface area contributed by atoms with Crippen molar-refractivity contribution in [1.82, 2.24) is 0 Å². The first-order valence-corrected chi connectivity index (χ1v) is 10.9. The summed E-state index contributed by atoms with van der Waals surface area (Å²) >= 11 is 0. The normalized spacial score (nSPS) is 17.4. The molecule has 160 valence electrons. The van der Waals surface area contributed by atoms with Crippen LogP contribution < -0.4 is 4.74 Å². The first-order chi connectivity index (χ1) is 14.2. The molecule has 3 heteroatoms. The van der Waals surface area contributed by atoms with Gasteiger partial charge < -0.3 is 9.84 Å². The molecule has 0 saturated heterocycles. The third kappa shape index (κ3) is 5.98. The zero-order valence-corrected chi connectivity index (χ0v) is 18.7. The minimum Gasteiger partial charge on any atom is -0.494 e. The minimum absolute atomic E-state index is 0.133. The van der Waals surface area contributed by atoms with Gasteiger partial charge in [0.15, 0.2) is 0 Å². The Morgan fingerprint density at radius 2 is 1.47 bits per heavy atom. The molecular formula is C27H34O3. The summed E-state index contributed by atoms with van der Waals surface area (Å²) in [6.45, 7) is 9.94. The molecule has 0 unspecified atom stereocenters. The van der Waals surface area contributed by atoms with Crippen molar-refractivity contribution in [2.45, 2.75) is 59.8 Å². The lowest BCUT2D eigenvalue weighted by Crippen LogP contribution is -2.30. The molecule has 3 rings (SSSR count). The largest absolute Gasteiger partial charge is 0.494 e. The predicted octanol–water partition coefficient (Wildman–Crippen LogP) is 6.97. The molecule has 1 aliphatic carbocycles. The fraction of sp³-hybridized carbons (Fsp3) is 0.444. The Labute approximate surface area is 180 Å². The Morgan fingerprint density at radius 3 is 2.03 bits per heavy atom. The van der Waals surface area contributed by atoms with E-state index in [1.165, 1.54) is 28.7 Å². The summed E-state index contributed by atoms with van der Waals surface area (Å²) in [7, 11) is 0. The summed E-state index contributed by atoms with van der Waals surface area (Å²) in [6.07, 6.45) is 4.09. The van der Waals surface area contributed by atoms with Gasteiger partial charge in [0.25, 0.3) is 0 Å². The van der Waals surface area contributed by atoms with E-state index in [2.05, 4.69) is 70.2 Å². The van der Waals surface area contributed by atoms with Crippen LogP contribution in [-0.4, -0.2) is 17.7 Å². The standard InChI is InChI=1S/C27H34O3/c1-26(2)17-22(18-27(3,4)19-26)25(20-9-6-5-7-10-20)21-12-14-23(15-13-21)30-16-8-11-24(28)29/h5-7,9-10,12-15H,8,11,16-19H2,1-4H3,(H,28,29). The molecule has 1 saturated carbocycles. The number of carboxylic acid groups (broad SMARTS) is 1. The number of hydrogen-bond donors (Lipinski definition) is 1. The fourth-order valence-corrected chi connectivity index (χ4v) is 5.13. The lowest BCUT2D eigenvalue weighted by atomic mass is 9.62. The fourth-order valence-electron chi connectivity index (χ4n) is 5.13. The SMILES string of the molecule is CC1(C)CC(=C(c2ccccc2)c2ccc(OCCCC(=O)O)cc2)CC(C)(C)C1. The minimum atomic E-state index is -0.786. The Balaban J connectivity index is 1.91. The van der Waals surface area contributed by atoms with Crippen molar-refractivity contribution in [3.63, 3.8) is 0 Å². The van der Waals surface area contributed by atoms with Crippen LogP contribution in [0.2, 0.25) is 0 Å². The average Bonchev–Trinajstić information content (AvgIpc) is 2.65. The van der Waals surface area contributed by atoms with Gasteiger partial charge in [0, 0.05) is 6.42 Å². The number of carbonyl (C=O) groups is 1. The summed E-state index contributed by atoms with van der Waals surface area (Å²) in [5, 5.41) is 8.75. The number of allylic oxidation sites excluding steroid dienone is 1. The monoisotopic (exact) mass is 406 g/mol. The summed E-state index contributed by atoms with van der Waals surface area (Å²) in [5.74, 6) is -0.00254. The predicted molar refractivity (Wildman–Crippen MR) is 123 cm³/mol. The summed E-state index contributed by atoms with van der Waals surface area (Å²) in [4.78, 5) is 10.6. The highest BCUT2D eigenvalue weighted by Crippen LogP contribution is 2.50. The van der Waals surface area contributed by atoms with Crippen molar-refractivity contribution in [2.24, 2.45) is 10.8 Å². The van der Waals surface area contributed by atoms with Crippen molar-refractivity contribution < 1.29 is 14.6 Å². The second-order valence-electron chi connectivity index (χ2n) is 10.1. The molecule has 0 aliphatic heterocycles. The Hall–Kier alpha value is -2.55. The van der Waals surface area contributed by atoms with Gasteiger partial charge in [-0.3, -0.25) is 4.79 Å². The maximum Gasteiger partial charge on any atom is 0.303 e. The van der Waals surface area contributed by atoms with E-state index in [0.29, 0.717) is 13.0 Å². The van der Waals surface area contributed by atoms with E-state index in [1.54, 1.807) is 0 Å². The van der Waals surface area contributed by atoms with Gasteiger partial charge in [-0.15, -0.1) is 0 Å². The van der Waals surface area contributed by atoms with Crippen LogP contribution in [0.3, 0.4) is 0 Å². The number of hydrogen-bond acceptors (Lipinski definition) is 2. The molecule has 1 fully saturated rings. The summed E-state index contributed by atoms with van der Waals surface area (Å²) in [6, 6.07) is 18.9. The van der Waals surface area contributed by atoms with Crippen LogP contribution in [0.15, 0.2) is 60.2 Å². The van der Waals surface area contributed by atoms with Crippen molar-refractivity contribution >= 4 is 11.5 Å². The molecule has 2 aromatic carbocycles. The van der Waals surface area contributed by atoms with Crippen LogP contribution in [0.25, 0.3) is 5.57 Å². The van der Waals surface area contributed by atoms with E-state index in [9.17, 15) is 4.79 Å². The van der Waals surface area contributed by atoms with Crippen LogP contribution >= 0.6 is 0 Å². The lowest BCUT2D eigenvalue weighted by molar-refractivity contribution is -0.137. The quantitative estimate of drug-likeness (QED) is 0.505. The van der Waals surface area contributed by atoms with E-state index in [4.69, 9.17) is 9.84 Å². The van der Waals surface area contributed by atoms with Crippen LogP contribution in [0.5, 0.6) is 5.75 Å². The molecule has 30 heavy (non-hydrogen) atoms. The Kier molecular flexibility index (Phi) is 6.70. The first-order valence-electron chi connectivity index (χ1n) is 10.9. The van der Waals surface area contributed by atoms with Gasteiger partial charge in [-0.2, -0.15) is 0 Å². The molecule has 0 radical (unpaired) electrons. The number of carboxylic acids is 1. The lowest BCUT2D eigenvalue weighted by Gasteiger charge is -2.43. The molecule has 0 atom stereocenters. The molecule has 1 N–H and O–H groups in total. The van der Waals surface area contributed by atoms with E-state index < -0.39 is 5.97 Å². The molecule has 0 spiro atoms. The van der Waals surface area contributed by atoms with Crippen LogP contribution in [0.1, 0.15) is 70.9 Å². The van der Waals surface area contributed by atoms with Crippen molar-refractivity contribution in [3.05, 3.63) is 71.3 Å². The van der Waals surface area contributed by atoms with E-state index in [0.717, 1.165) is 18.6 Å². The first kappa shape index (κ1) is 22.1. The molecule has 2 aromatic rings. The van der Waals surface area contributed by atoms with Crippen molar-refractivity contribution in [3.8, 4) is 5.75 Å². The molecule has 0 aromatic heterocycles. The number of aliphatic carboxylic acids is 1. The van der Waals surface area contributed by atoms with Gasteiger partial charge in [0.1, 0.15) is 5.75 Å². The molecule has 0 bridgehead atoms. The maximum atomic E-state index is 10.6. The van der Waals surface area contributed by atoms with Gasteiger partial charge in [-0.1, -0.05) is 75.7 Å². The van der Waals surface area contributed by atoms with Crippen LogP contribution in [0, 0.1) is 10.8 Å². The Bertz CT molecular complexity index is 871. The topological polar surface area (TPSA) is 46.5 Å². The van der Waals surface area contributed by atoms with Gasteiger partial charge in [-0.25, -0.2) is 0 Å². The van der Waals surface area contributed by atoms with Gasteiger partial charge in [0.05, 0.1) is 6.61 Å².